The Morgan fingerprint density at radius 1 is 1.53 bits per heavy atom. The topological polar surface area (TPSA) is 82.5 Å². The molecule has 0 radical (unpaired) electrons. The first kappa shape index (κ1) is 14.2. The van der Waals surface area contributed by atoms with Gasteiger partial charge in [0.1, 0.15) is 12.2 Å². The summed E-state index contributed by atoms with van der Waals surface area (Å²) in [6.45, 7) is 1.23. The summed E-state index contributed by atoms with van der Waals surface area (Å²) in [6.07, 6.45) is -1.16. The summed E-state index contributed by atoms with van der Waals surface area (Å²) in [7, 11) is 0. The molecule has 94 valence electrons. The molecule has 0 aliphatic rings. The maximum Gasteiger partial charge on any atom is 0.216 e. The van der Waals surface area contributed by atoms with Gasteiger partial charge in [-0.15, -0.1) is 0 Å². The number of rotatable bonds is 4. The van der Waals surface area contributed by atoms with E-state index in [9.17, 15) is 15.0 Å². The third-order valence-electron chi connectivity index (χ3n) is 2.04. The smallest absolute Gasteiger partial charge is 0.216 e. The minimum absolute atomic E-state index is 0.0862. The van der Waals surface area contributed by atoms with Crippen molar-refractivity contribution in [1.29, 1.82) is 0 Å². The maximum atomic E-state index is 10.7. The summed E-state index contributed by atoms with van der Waals surface area (Å²) in [6, 6.07) is 1.42. The van der Waals surface area contributed by atoms with E-state index in [4.69, 9.17) is 23.2 Å². The van der Waals surface area contributed by atoms with Gasteiger partial charge < -0.3 is 15.5 Å². The minimum Gasteiger partial charge on any atom is -0.388 e. The molecule has 0 saturated heterocycles. The van der Waals surface area contributed by atoms with Crippen molar-refractivity contribution in [3.8, 4) is 0 Å². The third-order valence-corrected chi connectivity index (χ3v) is 2.55. The van der Waals surface area contributed by atoms with Crippen molar-refractivity contribution in [3.05, 3.63) is 28.0 Å². The first-order valence-electron chi connectivity index (χ1n) is 4.83. The van der Waals surface area contributed by atoms with Crippen LogP contribution < -0.4 is 5.32 Å². The van der Waals surface area contributed by atoms with Gasteiger partial charge in [-0.3, -0.25) is 9.78 Å². The van der Waals surface area contributed by atoms with Crippen LogP contribution in [0.2, 0.25) is 10.0 Å². The number of hydrogen-bond donors (Lipinski definition) is 3. The number of aliphatic hydroxyl groups is 2. The van der Waals surface area contributed by atoms with Crippen LogP contribution in [0.4, 0.5) is 0 Å². The number of amides is 1. The molecule has 0 bridgehead atoms. The molecule has 0 saturated carbocycles. The van der Waals surface area contributed by atoms with Gasteiger partial charge in [0, 0.05) is 19.7 Å². The minimum atomic E-state index is -1.29. The van der Waals surface area contributed by atoms with E-state index >= 15 is 0 Å². The molecule has 1 aromatic rings. The standard InChI is InChI=1S/C10H12Cl2N2O3/c1-5(15)13-4-8(16)10(17)9-7(12)2-6(11)3-14-9/h2-3,8,10,16-17H,4H2,1H3,(H,13,15). The summed E-state index contributed by atoms with van der Waals surface area (Å²) in [5.74, 6) is -0.300. The Morgan fingerprint density at radius 2 is 2.18 bits per heavy atom. The van der Waals surface area contributed by atoms with Crippen molar-refractivity contribution in [2.75, 3.05) is 6.54 Å². The van der Waals surface area contributed by atoms with Crippen molar-refractivity contribution in [2.24, 2.45) is 0 Å². The lowest BCUT2D eigenvalue weighted by molar-refractivity contribution is -0.119. The van der Waals surface area contributed by atoms with E-state index in [1.807, 2.05) is 0 Å². The maximum absolute atomic E-state index is 10.7. The molecule has 0 aliphatic heterocycles. The Morgan fingerprint density at radius 3 is 2.71 bits per heavy atom. The Kier molecular flexibility index (Phi) is 5.14. The van der Waals surface area contributed by atoms with Crippen LogP contribution in [0.3, 0.4) is 0 Å². The van der Waals surface area contributed by atoms with Gasteiger partial charge in [-0.05, 0) is 6.07 Å². The lowest BCUT2D eigenvalue weighted by Crippen LogP contribution is -2.34. The van der Waals surface area contributed by atoms with Gasteiger partial charge in [0.15, 0.2) is 0 Å². The van der Waals surface area contributed by atoms with E-state index in [-0.39, 0.29) is 23.2 Å². The number of pyridine rings is 1. The van der Waals surface area contributed by atoms with Crippen molar-refractivity contribution >= 4 is 29.1 Å². The largest absolute Gasteiger partial charge is 0.388 e. The summed E-state index contributed by atoms with van der Waals surface area (Å²) in [5, 5.41) is 22.3. The van der Waals surface area contributed by atoms with Crippen LogP contribution in [0.1, 0.15) is 18.7 Å². The van der Waals surface area contributed by atoms with E-state index in [1.54, 1.807) is 0 Å². The van der Waals surface area contributed by atoms with Crippen molar-refractivity contribution in [2.45, 2.75) is 19.1 Å². The summed E-state index contributed by atoms with van der Waals surface area (Å²) < 4.78 is 0. The second-order valence-electron chi connectivity index (χ2n) is 3.47. The summed E-state index contributed by atoms with van der Waals surface area (Å²) in [5.41, 5.74) is 0.119. The van der Waals surface area contributed by atoms with Crippen LogP contribution in [0.5, 0.6) is 0 Å². The van der Waals surface area contributed by atoms with Crippen LogP contribution in [0.15, 0.2) is 12.3 Å². The van der Waals surface area contributed by atoms with Crippen LogP contribution in [0, 0.1) is 0 Å². The zero-order valence-electron chi connectivity index (χ0n) is 9.02. The number of halogens is 2. The molecule has 1 aromatic heterocycles. The summed E-state index contributed by atoms with van der Waals surface area (Å²) in [4.78, 5) is 14.5. The van der Waals surface area contributed by atoms with Gasteiger partial charge in [-0.1, -0.05) is 23.2 Å². The van der Waals surface area contributed by atoms with E-state index < -0.39 is 12.2 Å². The molecule has 0 aromatic carbocycles. The molecular formula is C10H12Cl2N2O3. The number of nitrogens with one attached hydrogen (secondary N) is 1. The van der Waals surface area contributed by atoms with Gasteiger partial charge in [-0.25, -0.2) is 0 Å². The Labute approximate surface area is 108 Å². The third kappa shape index (κ3) is 4.12. The van der Waals surface area contributed by atoms with Gasteiger partial charge in [0.25, 0.3) is 0 Å². The van der Waals surface area contributed by atoms with Crippen molar-refractivity contribution in [1.82, 2.24) is 10.3 Å². The normalized spacial score (nSPS) is 14.2. The van der Waals surface area contributed by atoms with Crippen LogP contribution in [0.25, 0.3) is 0 Å². The number of carbonyl (C=O) groups is 1. The predicted octanol–water partition coefficient (Wildman–Crippen LogP) is 0.919. The van der Waals surface area contributed by atoms with Crippen molar-refractivity contribution in [3.63, 3.8) is 0 Å². The Bertz CT molecular complexity index is 415. The van der Waals surface area contributed by atoms with Gasteiger partial charge in [0.05, 0.1) is 15.7 Å². The number of carbonyl (C=O) groups excluding carboxylic acids is 1. The lowest BCUT2D eigenvalue weighted by atomic mass is 10.1. The fraction of sp³-hybridized carbons (Fsp3) is 0.400. The van der Waals surface area contributed by atoms with E-state index in [2.05, 4.69) is 10.3 Å². The molecule has 2 atom stereocenters. The molecule has 2 unspecified atom stereocenters. The highest BCUT2D eigenvalue weighted by atomic mass is 35.5. The van der Waals surface area contributed by atoms with Gasteiger partial charge in [0.2, 0.25) is 5.91 Å². The fourth-order valence-electron chi connectivity index (χ4n) is 1.18. The zero-order valence-corrected chi connectivity index (χ0v) is 10.5. The second-order valence-corrected chi connectivity index (χ2v) is 4.31. The molecule has 3 N–H and O–H groups in total. The van der Waals surface area contributed by atoms with Crippen LogP contribution in [-0.2, 0) is 4.79 Å². The SMILES string of the molecule is CC(=O)NCC(O)C(O)c1ncc(Cl)cc1Cl. The highest BCUT2D eigenvalue weighted by molar-refractivity contribution is 6.34. The lowest BCUT2D eigenvalue weighted by Gasteiger charge is -2.18. The quantitative estimate of drug-likeness (QED) is 0.765. The zero-order chi connectivity index (χ0) is 13.0. The van der Waals surface area contributed by atoms with E-state index in [0.29, 0.717) is 5.02 Å². The van der Waals surface area contributed by atoms with Crippen LogP contribution >= 0.6 is 23.2 Å². The Balaban J connectivity index is 2.74. The number of aromatic nitrogens is 1. The average molecular weight is 279 g/mol. The first-order chi connectivity index (χ1) is 7.91. The number of aliphatic hydroxyl groups excluding tert-OH is 2. The average Bonchev–Trinajstić information content (AvgIpc) is 2.25. The molecule has 0 spiro atoms. The van der Waals surface area contributed by atoms with Crippen molar-refractivity contribution < 1.29 is 15.0 Å². The second kappa shape index (κ2) is 6.16. The predicted molar refractivity (Wildman–Crippen MR) is 63.9 cm³/mol. The molecule has 17 heavy (non-hydrogen) atoms. The highest BCUT2D eigenvalue weighted by Gasteiger charge is 2.22. The van der Waals surface area contributed by atoms with E-state index in [0.717, 1.165) is 0 Å². The molecule has 1 heterocycles. The highest BCUT2D eigenvalue weighted by Crippen LogP contribution is 2.25. The Hall–Kier alpha value is -0.880. The molecule has 1 amide bonds. The van der Waals surface area contributed by atoms with E-state index in [1.165, 1.54) is 19.2 Å². The van der Waals surface area contributed by atoms with Gasteiger partial charge >= 0.3 is 0 Å². The molecule has 0 aliphatic carbocycles. The fourth-order valence-corrected chi connectivity index (χ4v) is 1.68. The molecular weight excluding hydrogens is 267 g/mol. The van der Waals surface area contributed by atoms with Crippen LogP contribution in [-0.4, -0.2) is 33.8 Å². The number of hydrogen-bond acceptors (Lipinski definition) is 4. The number of nitrogens with zero attached hydrogens (tertiary/aromatic N) is 1. The molecule has 1 rings (SSSR count). The monoisotopic (exact) mass is 278 g/mol. The first-order valence-corrected chi connectivity index (χ1v) is 5.59. The molecule has 7 heteroatoms. The molecule has 5 nitrogen and oxygen atoms in total. The van der Waals surface area contributed by atoms with Gasteiger partial charge in [-0.2, -0.15) is 0 Å². The molecule has 0 fully saturated rings. The summed E-state index contributed by atoms with van der Waals surface area (Å²) >= 11 is 11.5.